The van der Waals surface area contributed by atoms with Gasteiger partial charge in [0.05, 0.1) is 6.61 Å². The highest BCUT2D eigenvalue weighted by Gasteiger charge is 2.27. The molecule has 0 amide bonds. The van der Waals surface area contributed by atoms with E-state index in [0.29, 0.717) is 6.54 Å². The molecule has 0 fully saturated rings. The van der Waals surface area contributed by atoms with Crippen LogP contribution in [-0.2, 0) is 6.42 Å². The fraction of sp³-hybridized carbons (Fsp3) is 0.412. The summed E-state index contributed by atoms with van der Waals surface area (Å²) in [6.07, 6.45) is 2.85. The third kappa shape index (κ3) is 2.96. The number of fused-ring (bicyclic) bond motifs is 1. The van der Waals surface area contributed by atoms with Gasteiger partial charge in [0.25, 0.3) is 0 Å². The average Bonchev–Trinajstić information content (AvgIpc) is 2.47. The normalized spacial score (nSPS) is 14.5. The van der Waals surface area contributed by atoms with Gasteiger partial charge >= 0.3 is 0 Å². The second-order valence-electron chi connectivity index (χ2n) is 5.43. The van der Waals surface area contributed by atoms with Crippen molar-refractivity contribution >= 4 is 10.8 Å². The standard InChI is InChI=1S/C17H23NO/c1-2-10-17(12-18,13-19)11-15-8-5-7-14-6-3-4-9-16(14)15/h3-9,19H,2,10-13,18H2,1H3. The summed E-state index contributed by atoms with van der Waals surface area (Å²) in [5.74, 6) is 0. The number of aliphatic hydroxyl groups is 1. The highest BCUT2D eigenvalue weighted by molar-refractivity contribution is 5.85. The predicted octanol–water partition coefficient (Wildman–Crippen LogP) is 3.12. The van der Waals surface area contributed by atoms with Crippen molar-refractivity contribution < 1.29 is 5.11 Å². The first-order valence-electron chi connectivity index (χ1n) is 7.02. The lowest BCUT2D eigenvalue weighted by atomic mass is 9.77. The zero-order valence-electron chi connectivity index (χ0n) is 11.6. The molecule has 0 radical (unpaired) electrons. The summed E-state index contributed by atoms with van der Waals surface area (Å²) in [7, 11) is 0. The van der Waals surface area contributed by atoms with Crippen LogP contribution in [0.4, 0.5) is 0 Å². The van der Waals surface area contributed by atoms with E-state index in [2.05, 4.69) is 49.4 Å². The van der Waals surface area contributed by atoms with E-state index < -0.39 is 0 Å². The zero-order chi connectivity index (χ0) is 13.7. The molecule has 19 heavy (non-hydrogen) atoms. The highest BCUT2D eigenvalue weighted by atomic mass is 16.3. The number of benzene rings is 2. The van der Waals surface area contributed by atoms with Crippen LogP contribution in [0.1, 0.15) is 25.3 Å². The van der Waals surface area contributed by atoms with Crippen LogP contribution in [0.25, 0.3) is 10.8 Å². The number of nitrogens with two attached hydrogens (primary N) is 1. The topological polar surface area (TPSA) is 46.2 Å². The largest absolute Gasteiger partial charge is 0.396 e. The van der Waals surface area contributed by atoms with Gasteiger partial charge in [-0.2, -0.15) is 0 Å². The van der Waals surface area contributed by atoms with E-state index in [1.807, 2.05) is 0 Å². The molecule has 102 valence electrons. The van der Waals surface area contributed by atoms with Crippen LogP contribution in [0.3, 0.4) is 0 Å². The predicted molar refractivity (Wildman–Crippen MR) is 81.1 cm³/mol. The van der Waals surface area contributed by atoms with Crippen molar-refractivity contribution in [3.05, 3.63) is 48.0 Å². The molecular weight excluding hydrogens is 234 g/mol. The molecule has 0 saturated heterocycles. The van der Waals surface area contributed by atoms with E-state index in [1.54, 1.807) is 0 Å². The number of hydrogen-bond acceptors (Lipinski definition) is 2. The molecule has 2 rings (SSSR count). The van der Waals surface area contributed by atoms with Crippen LogP contribution < -0.4 is 5.73 Å². The lowest BCUT2D eigenvalue weighted by Crippen LogP contribution is -2.36. The monoisotopic (exact) mass is 257 g/mol. The molecule has 2 aromatic carbocycles. The van der Waals surface area contributed by atoms with E-state index in [1.165, 1.54) is 16.3 Å². The SMILES string of the molecule is CCCC(CN)(CO)Cc1cccc2ccccc12. The fourth-order valence-corrected chi connectivity index (χ4v) is 2.84. The molecule has 2 heteroatoms. The Balaban J connectivity index is 2.39. The first-order chi connectivity index (χ1) is 9.24. The fourth-order valence-electron chi connectivity index (χ4n) is 2.84. The third-order valence-corrected chi connectivity index (χ3v) is 3.99. The van der Waals surface area contributed by atoms with Crippen molar-refractivity contribution in [2.75, 3.05) is 13.2 Å². The molecule has 0 bridgehead atoms. The van der Waals surface area contributed by atoms with E-state index in [-0.39, 0.29) is 12.0 Å². The molecule has 2 nitrogen and oxygen atoms in total. The summed E-state index contributed by atoms with van der Waals surface area (Å²) in [5, 5.41) is 12.3. The summed E-state index contributed by atoms with van der Waals surface area (Å²) in [4.78, 5) is 0. The summed E-state index contributed by atoms with van der Waals surface area (Å²) in [6, 6.07) is 14.8. The van der Waals surface area contributed by atoms with Crippen molar-refractivity contribution in [2.24, 2.45) is 11.1 Å². The number of hydrogen-bond donors (Lipinski definition) is 2. The molecule has 0 aliphatic carbocycles. The Bertz CT molecular complexity index is 526. The van der Waals surface area contributed by atoms with Crippen molar-refractivity contribution in [3.8, 4) is 0 Å². The first kappa shape index (κ1) is 14.0. The van der Waals surface area contributed by atoms with E-state index in [4.69, 9.17) is 5.73 Å². The Morgan fingerprint density at radius 3 is 2.53 bits per heavy atom. The lowest BCUT2D eigenvalue weighted by Gasteiger charge is -2.30. The van der Waals surface area contributed by atoms with Gasteiger partial charge in [-0.1, -0.05) is 55.8 Å². The molecule has 3 N–H and O–H groups in total. The van der Waals surface area contributed by atoms with Crippen LogP contribution in [0.2, 0.25) is 0 Å². The summed E-state index contributed by atoms with van der Waals surface area (Å²) < 4.78 is 0. The van der Waals surface area contributed by atoms with Crippen LogP contribution >= 0.6 is 0 Å². The second kappa shape index (κ2) is 6.18. The van der Waals surface area contributed by atoms with Crippen molar-refractivity contribution in [2.45, 2.75) is 26.2 Å². The van der Waals surface area contributed by atoms with E-state index in [0.717, 1.165) is 19.3 Å². The first-order valence-corrected chi connectivity index (χ1v) is 7.02. The van der Waals surface area contributed by atoms with Gasteiger partial charge in [0.1, 0.15) is 0 Å². The van der Waals surface area contributed by atoms with Crippen molar-refractivity contribution in [1.82, 2.24) is 0 Å². The molecule has 0 aliphatic heterocycles. The smallest absolute Gasteiger partial charge is 0.0502 e. The highest BCUT2D eigenvalue weighted by Crippen LogP contribution is 2.30. The van der Waals surface area contributed by atoms with Gasteiger partial charge < -0.3 is 10.8 Å². The van der Waals surface area contributed by atoms with E-state index in [9.17, 15) is 5.11 Å². The number of rotatable bonds is 6. The maximum atomic E-state index is 9.76. The Kier molecular flexibility index (Phi) is 4.56. The molecule has 2 aromatic rings. The Labute approximate surface area is 115 Å². The average molecular weight is 257 g/mol. The van der Waals surface area contributed by atoms with Gasteiger partial charge in [-0.05, 0) is 29.2 Å². The summed E-state index contributed by atoms with van der Waals surface area (Å²) >= 11 is 0. The lowest BCUT2D eigenvalue weighted by molar-refractivity contribution is 0.121. The molecule has 0 saturated carbocycles. The maximum Gasteiger partial charge on any atom is 0.0502 e. The van der Waals surface area contributed by atoms with Crippen molar-refractivity contribution in [3.63, 3.8) is 0 Å². The van der Waals surface area contributed by atoms with E-state index >= 15 is 0 Å². The molecule has 0 heterocycles. The quantitative estimate of drug-likeness (QED) is 0.835. The molecule has 0 aromatic heterocycles. The maximum absolute atomic E-state index is 9.76. The van der Waals surface area contributed by atoms with Gasteiger partial charge in [0.2, 0.25) is 0 Å². The minimum atomic E-state index is -0.182. The van der Waals surface area contributed by atoms with Crippen LogP contribution in [0.15, 0.2) is 42.5 Å². The van der Waals surface area contributed by atoms with Crippen LogP contribution in [-0.4, -0.2) is 18.3 Å². The minimum Gasteiger partial charge on any atom is -0.396 e. The van der Waals surface area contributed by atoms with Gasteiger partial charge in [-0.25, -0.2) is 0 Å². The van der Waals surface area contributed by atoms with Gasteiger partial charge in [-0.3, -0.25) is 0 Å². The Hall–Kier alpha value is -1.38. The van der Waals surface area contributed by atoms with Gasteiger partial charge in [0, 0.05) is 12.0 Å². The summed E-state index contributed by atoms with van der Waals surface area (Å²) in [6.45, 7) is 2.82. The Morgan fingerprint density at radius 2 is 1.84 bits per heavy atom. The minimum absolute atomic E-state index is 0.153. The third-order valence-electron chi connectivity index (χ3n) is 3.99. The summed E-state index contributed by atoms with van der Waals surface area (Å²) in [5.41, 5.74) is 7.04. The molecule has 0 spiro atoms. The molecule has 0 aliphatic rings. The van der Waals surface area contributed by atoms with Gasteiger partial charge in [0.15, 0.2) is 0 Å². The molecular formula is C17H23NO. The van der Waals surface area contributed by atoms with Crippen LogP contribution in [0, 0.1) is 5.41 Å². The molecule has 1 unspecified atom stereocenters. The Morgan fingerprint density at radius 1 is 1.11 bits per heavy atom. The number of aliphatic hydroxyl groups excluding tert-OH is 1. The van der Waals surface area contributed by atoms with Crippen molar-refractivity contribution in [1.29, 1.82) is 0 Å². The van der Waals surface area contributed by atoms with Crippen LogP contribution in [0.5, 0.6) is 0 Å². The zero-order valence-corrected chi connectivity index (χ0v) is 11.6. The molecule has 1 atom stereocenters. The second-order valence-corrected chi connectivity index (χ2v) is 5.43. The van der Waals surface area contributed by atoms with Gasteiger partial charge in [-0.15, -0.1) is 0 Å².